The number of amides is 1. The van der Waals surface area contributed by atoms with Crippen molar-refractivity contribution in [2.75, 3.05) is 7.11 Å². The van der Waals surface area contributed by atoms with E-state index < -0.39 is 0 Å². The lowest BCUT2D eigenvalue weighted by Crippen LogP contribution is -2.62. The van der Waals surface area contributed by atoms with Gasteiger partial charge in [-0.05, 0) is 87.3 Å². The van der Waals surface area contributed by atoms with Crippen LogP contribution in [0.4, 0.5) is 0 Å². The number of methoxy groups -OCH3 is 1. The monoisotopic (exact) mass is 370 g/mol. The summed E-state index contributed by atoms with van der Waals surface area (Å²) in [6.45, 7) is 4.16. The van der Waals surface area contributed by atoms with Gasteiger partial charge in [0.25, 0.3) is 0 Å². The van der Waals surface area contributed by atoms with Crippen molar-refractivity contribution in [1.29, 1.82) is 0 Å². The highest BCUT2D eigenvalue weighted by atomic mass is 16.5. The molecule has 1 amide bonds. The first-order valence-corrected chi connectivity index (χ1v) is 10.7. The van der Waals surface area contributed by atoms with Crippen LogP contribution >= 0.6 is 0 Å². The largest absolute Gasteiger partial charge is 0.497 e. The Morgan fingerprint density at radius 3 is 2.15 bits per heavy atom. The second kappa shape index (κ2) is 7.46. The number of hydrogen-bond donors (Lipinski definition) is 2. The molecule has 4 bridgehead atoms. The van der Waals surface area contributed by atoms with E-state index in [4.69, 9.17) is 4.74 Å². The van der Waals surface area contributed by atoms with Gasteiger partial charge in [0, 0.05) is 11.6 Å². The second-order valence-electron chi connectivity index (χ2n) is 9.31. The molecule has 2 N–H and O–H groups in total. The van der Waals surface area contributed by atoms with Gasteiger partial charge in [-0.15, -0.1) is 0 Å². The Morgan fingerprint density at radius 1 is 1.11 bits per heavy atom. The zero-order valence-electron chi connectivity index (χ0n) is 17.0. The third kappa shape index (κ3) is 3.87. The number of ether oxygens (including phenoxy) is 1. The molecule has 4 fully saturated rings. The fourth-order valence-electron chi connectivity index (χ4n) is 6.30. The highest BCUT2D eigenvalue weighted by Crippen LogP contribution is 2.55. The third-order valence-corrected chi connectivity index (χ3v) is 7.20. The van der Waals surface area contributed by atoms with Crippen molar-refractivity contribution in [3.05, 3.63) is 29.8 Å². The lowest BCUT2D eigenvalue weighted by Gasteiger charge is -2.57. The highest BCUT2D eigenvalue weighted by molar-refractivity contribution is 5.82. The van der Waals surface area contributed by atoms with Crippen molar-refractivity contribution >= 4 is 5.91 Å². The van der Waals surface area contributed by atoms with Crippen molar-refractivity contribution in [3.8, 4) is 5.75 Å². The number of hydrogen-bond acceptors (Lipinski definition) is 3. The van der Waals surface area contributed by atoms with E-state index in [0.29, 0.717) is 0 Å². The summed E-state index contributed by atoms with van der Waals surface area (Å²) in [5.74, 6) is 3.58. The van der Waals surface area contributed by atoms with Crippen LogP contribution in [0.15, 0.2) is 24.3 Å². The molecule has 2 unspecified atom stereocenters. The van der Waals surface area contributed by atoms with Crippen LogP contribution in [0, 0.1) is 17.8 Å². The SMILES string of the molecule is CCC(NC(C)C(=O)NC12CC3CC(CC(C3)C1)C2)c1ccc(OC)cc1. The topological polar surface area (TPSA) is 50.4 Å². The molecule has 4 nitrogen and oxygen atoms in total. The molecule has 0 saturated heterocycles. The highest BCUT2D eigenvalue weighted by Gasteiger charge is 2.51. The first kappa shape index (κ1) is 18.8. The van der Waals surface area contributed by atoms with Gasteiger partial charge in [0.2, 0.25) is 5.91 Å². The quantitative estimate of drug-likeness (QED) is 0.756. The van der Waals surface area contributed by atoms with Gasteiger partial charge in [0.15, 0.2) is 0 Å². The summed E-state index contributed by atoms with van der Waals surface area (Å²) in [5.41, 5.74) is 1.29. The Balaban J connectivity index is 1.38. The molecule has 0 aliphatic heterocycles. The summed E-state index contributed by atoms with van der Waals surface area (Å²) in [7, 11) is 1.68. The van der Waals surface area contributed by atoms with Crippen molar-refractivity contribution in [3.63, 3.8) is 0 Å². The van der Waals surface area contributed by atoms with E-state index in [-0.39, 0.29) is 23.5 Å². The number of carbonyl (C=O) groups is 1. The second-order valence-corrected chi connectivity index (χ2v) is 9.31. The van der Waals surface area contributed by atoms with E-state index in [9.17, 15) is 4.79 Å². The molecule has 5 rings (SSSR count). The van der Waals surface area contributed by atoms with Gasteiger partial charge >= 0.3 is 0 Å². The van der Waals surface area contributed by atoms with E-state index in [2.05, 4.69) is 29.7 Å². The lowest BCUT2D eigenvalue weighted by molar-refractivity contribution is -0.128. The number of nitrogens with one attached hydrogen (secondary N) is 2. The molecule has 0 aromatic heterocycles. The zero-order chi connectivity index (χ0) is 19.0. The predicted octanol–water partition coefficient (Wildman–Crippen LogP) is 4.21. The van der Waals surface area contributed by atoms with Crippen LogP contribution in [-0.2, 0) is 4.79 Å². The van der Waals surface area contributed by atoms with Crippen LogP contribution in [0.5, 0.6) is 5.75 Å². The van der Waals surface area contributed by atoms with E-state index in [1.165, 1.54) is 44.1 Å². The van der Waals surface area contributed by atoms with E-state index >= 15 is 0 Å². The van der Waals surface area contributed by atoms with Gasteiger partial charge in [0.1, 0.15) is 5.75 Å². The molecule has 4 saturated carbocycles. The zero-order valence-corrected chi connectivity index (χ0v) is 17.0. The minimum atomic E-state index is -0.190. The Hall–Kier alpha value is -1.55. The maximum absolute atomic E-state index is 13.0. The van der Waals surface area contributed by atoms with Crippen molar-refractivity contribution < 1.29 is 9.53 Å². The minimum Gasteiger partial charge on any atom is -0.497 e. The summed E-state index contributed by atoms with van der Waals surface area (Å²) >= 11 is 0. The summed E-state index contributed by atoms with van der Waals surface area (Å²) < 4.78 is 5.25. The first-order chi connectivity index (χ1) is 13.0. The molecule has 1 aromatic rings. The molecule has 1 aromatic carbocycles. The average molecular weight is 371 g/mol. The Bertz CT molecular complexity index is 634. The molecule has 4 aliphatic rings. The molecule has 4 aliphatic carbocycles. The van der Waals surface area contributed by atoms with Crippen LogP contribution in [0.1, 0.15) is 70.4 Å². The van der Waals surface area contributed by atoms with Gasteiger partial charge < -0.3 is 10.1 Å². The summed E-state index contributed by atoms with van der Waals surface area (Å²) in [6.07, 6.45) is 8.75. The van der Waals surface area contributed by atoms with Gasteiger partial charge in [-0.3, -0.25) is 10.1 Å². The Kier molecular flexibility index (Phi) is 5.19. The fraction of sp³-hybridized carbons (Fsp3) is 0.696. The standard InChI is InChI=1S/C23H34N2O2/c1-4-21(19-5-7-20(27-3)8-6-19)24-15(2)22(26)25-23-12-16-9-17(13-23)11-18(10-16)14-23/h5-8,15-18,21,24H,4,9-14H2,1-3H3,(H,25,26). The van der Waals surface area contributed by atoms with Gasteiger partial charge in [0.05, 0.1) is 13.2 Å². The minimum absolute atomic E-state index is 0.0869. The van der Waals surface area contributed by atoms with E-state index in [1.807, 2.05) is 19.1 Å². The molecule has 4 heteroatoms. The fourth-order valence-corrected chi connectivity index (χ4v) is 6.30. The Labute approximate surface area is 163 Å². The van der Waals surface area contributed by atoms with Crippen LogP contribution in [-0.4, -0.2) is 24.6 Å². The van der Waals surface area contributed by atoms with Crippen LogP contribution in [0.3, 0.4) is 0 Å². The maximum atomic E-state index is 13.0. The maximum Gasteiger partial charge on any atom is 0.237 e. The van der Waals surface area contributed by atoms with Crippen molar-refractivity contribution in [1.82, 2.24) is 10.6 Å². The average Bonchev–Trinajstić information content (AvgIpc) is 2.64. The van der Waals surface area contributed by atoms with Crippen LogP contribution in [0.2, 0.25) is 0 Å². The summed E-state index contributed by atoms with van der Waals surface area (Å²) in [4.78, 5) is 13.0. The van der Waals surface area contributed by atoms with E-state index in [0.717, 1.165) is 29.9 Å². The summed E-state index contributed by atoms with van der Waals surface area (Å²) in [5, 5.41) is 7.05. The molecule has 27 heavy (non-hydrogen) atoms. The molecular weight excluding hydrogens is 336 g/mol. The van der Waals surface area contributed by atoms with Crippen LogP contribution in [0.25, 0.3) is 0 Å². The molecule has 0 spiro atoms. The first-order valence-electron chi connectivity index (χ1n) is 10.7. The summed E-state index contributed by atoms with van der Waals surface area (Å²) in [6, 6.07) is 8.13. The number of carbonyl (C=O) groups excluding carboxylic acids is 1. The predicted molar refractivity (Wildman–Crippen MR) is 108 cm³/mol. The smallest absolute Gasteiger partial charge is 0.237 e. The van der Waals surface area contributed by atoms with Gasteiger partial charge in [-0.25, -0.2) is 0 Å². The normalized spacial score (nSPS) is 33.5. The van der Waals surface area contributed by atoms with E-state index in [1.54, 1.807) is 7.11 Å². The molecule has 0 radical (unpaired) electrons. The Morgan fingerprint density at radius 2 is 1.67 bits per heavy atom. The lowest BCUT2D eigenvalue weighted by atomic mass is 9.53. The molecule has 148 valence electrons. The van der Waals surface area contributed by atoms with Gasteiger partial charge in [-0.2, -0.15) is 0 Å². The van der Waals surface area contributed by atoms with Crippen molar-refractivity contribution in [2.24, 2.45) is 17.8 Å². The third-order valence-electron chi connectivity index (χ3n) is 7.20. The van der Waals surface area contributed by atoms with Gasteiger partial charge in [-0.1, -0.05) is 19.1 Å². The number of rotatable bonds is 7. The van der Waals surface area contributed by atoms with Crippen molar-refractivity contribution in [2.45, 2.75) is 76.4 Å². The molecular formula is C23H34N2O2. The molecule has 0 heterocycles. The number of benzene rings is 1. The molecule has 2 atom stereocenters. The van der Waals surface area contributed by atoms with Crippen LogP contribution < -0.4 is 15.4 Å².